The topological polar surface area (TPSA) is 30.5 Å². The predicted molar refractivity (Wildman–Crippen MR) is 69.6 cm³/mol. The molecule has 17 heavy (non-hydrogen) atoms. The summed E-state index contributed by atoms with van der Waals surface area (Å²) in [7, 11) is 1.68. The highest BCUT2D eigenvalue weighted by molar-refractivity contribution is 5.47. The van der Waals surface area contributed by atoms with Crippen LogP contribution in [0.5, 0.6) is 5.75 Å². The van der Waals surface area contributed by atoms with Crippen molar-refractivity contribution in [2.75, 3.05) is 25.6 Å². The Morgan fingerprint density at radius 2 is 1.88 bits per heavy atom. The second kappa shape index (κ2) is 5.92. The third kappa shape index (κ3) is 3.63. The molecular weight excluding hydrogens is 214 g/mol. The Morgan fingerprint density at radius 1 is 1.18 bits per heavy atom. The van der Waals surface area contributed by atoms with Gasteiger partial charge in [0.15, 0.2) is 0 Å². The van der Waals surface area contributed by atoms with Gasteiger partial charge in [0.25, 0.3) is 0 Å². The van der Waals surface area contributed by atoms with Crippen molar-refractivity contribution in [2.24, 2.45) is 5.92 Å². The summed E-state index contributed by atoms with van der Waals surface area (Å²) in [6, 6.07) is 8.81. The van der Waals surface area contributed by atoms with Crippen LogP contribution in [-0.2, 0) is 4.74 Å². The SMILES string of the molecule is COCCOc1ccc(NC2CC(C)C2)cc1. The molecule has 0 aromatic heterocycles. The molecule has 1 saturated carbocycles. The highest BCUT2D eigenvalue weighted by Gasteiger charge is 2.24. The fourth-order valence-electron chi connectivity index (χ4n) is 2.15. The van der Waals surface area contributed by atoms with E-state index in [1.165, 1.54) is 18.5 Å². The summed E-state index contributed by atoms with van der Waals surface area (Å²) in [5.74, 6) is 1.78. The Balaban J connectivity index is 1.77. The zero-order valence-corrected chi connectivity index (χ0v) is 10.6. The molecule has 0 bridgehead atoms. The third-order valence-electron chi connectivity index (χ3n) is 3.16. The highest BCUT2D eigenvalue weighted by Crippen LogP contribution is 2.29. The summed E-state index contributed by atoms with van der Waals surface area (Å²) >= 11 is 0. The van der Waals surface area contributed by atoms with Crippen LogP contribution in [0.1, 0.15) is 19.8 Å². The smallest absolute Gasteiger partial charge is 0.119 e. The first-order chi connectivity index (χ1) is 8.28. The van der Waals surface area contributed by atoms with Gasteiger partial charge in [0.1, 0.15) is 12.4 Å². The predicted octanol–water partition coefficient (Wildman–Crippen LogP) is 2.92. The molecule has 1 aliphatic rings. The van der Waals surface area contributed by atoms with Gasteiger partial charge in [-0.1, -0.05) is 6.92 Å². The quantitative estimate of drug-likeness (QED) is 0.769. The van der Waals surface area contributed by atoms with Crippen LogP contribution >= 0.6 is 0 Å². The molecule has 94 valence electrons. The summed E-state index contributed by atoms with van der Waals surface area (Å²) in [5, 5.41) is 3.52. The molecule has 1 aromatic carbocycles. The molecule has 0 radical (unpaired) electrons. The molecule has 1 aromatic rings. The zero-order valence-electron chi connectivity index (χ0n) is 10.6. The molecule has 3 nitrogen and oxygen atoms in total. The van der Waals surface area contributed by atoms with Crippen molar-refractivity contribution < 1.29 is 9.47 Å². The average molecular weight is 235 g/mol. The largest absolute Gasteiger partial charge is 0.491 e. The molecule has 1 aliphatic carbocycles. The van der Waals surface area contributed by atoms with Gasteiger partial charge >= 0.3 is 0 Å². The van der Waals surface area contributed by atoms with E-state index in [0.29, 0.717) is 19.3 Å². The van der Waals surface area contributed by atoms with Crippen LogP contribution in [0.25, 0.3) is 0 Å². The number of hydrogen-bond acceptors (Lipinski definition) is 3. The number of ether oxygens (including phenoxy) is 2. The van der Waals surface area contributed by atoms with E-state index in [4.69, 9.17) is 9.47 Å². The molecule has 0 saturated heterocycles. The standard InChI is InChI=1S/C14H21NO2/c1-11-9-13(10-11)15-12-3-5-14(6-4-12)17-8-7-16-2/h3-6,11,13,15H,7-10H2,1-2H3. The summed E-state index contributed by atoms with van der Waals surface area (Å²) in [5.41, 5.74) is 1.18. The molecule has 0 atom stereocenters. The lowest BCUT2D eigenvalue weighted by Crippen LogP contribution is -2.33. The minimum absolute atomic E-state index is 0.601. The first-order valence-corrected chi connectivity index (χ1v) is 6.26. The summed E-state index contributed by atoms with van der Waals surface area (Å²) in [6.07, 6.45) is 2.57. The number of methoxy groups -OCH3 is 1. The van der Waals surface area contributed by atoms with E-state index < -0.39 is 0 Å². The van der Waals surface area contributed by atoms with Crippen molar-refractivity contribution in [2.45, 2.75) is 25.8 Å². The number of hydrogen-bond donors (Lipinski definition) is 1. The van der Waals surface area contributed by atoms with Crippen LogP contribution in [0.3, 0.4) is 0 Å². The van der Waals surface area contributed by atoms with E-state index >= 15 is 0 Å². The van der Waals surface area contributed by atoms with Crippen molar-refractivity contribution in [3.8, 4) is 5.75 Å². The number of anilines is 1. The third-order valence-corrected chi connectivity index (χ3v) is 3.16. The molecular formula is C14H21NO2. The van der Waals surface area contributed by atoms with E-state index in [0.717, 1.165) is 11.7 Å². The fraction of sp³-hybridized carbons (Fsp3) is 0.571. The maximum atomic E-state index is 5.51. The Labute approximate surface area is 103 Å². The van der Waals surface area contributed by atoms with Crippen molar-refractivity contribution in [3.05, 3.63) is 24.3 Å². The molecule has 2 rings (SSSR count). The Bertz CT molecular complexity index is 331. The normalized spacial score (nSPS) is 22.9. The summed E-state index contributed by atoms with van der Waals surface area (Å²) in [4.78, 5) is 0. The van der Waals surface area contributed by atoms with Crippen LogP contribution in [0.2, 0.25) is 0 Å². The first-order valence-electron chi connectivity index (χ1n) is 6.26. The van der Waals surface area contributed by atoms with Crippen LogP contribution in [-0.4, -0.2) is 26.4 Å². The molecule has 0 unspecified atom stereocenters. The van der Waals surface area contributed by atoms with Crippen molar-refractivity contribution in [1.29, 1.82) is 0 Å². The Morgan fingerprint density at radius 3 is 2.47 bits per heavy atom. The molecule has 0 aliphatic heterocycles. The van der Waals surface area contributed by atoms with E-state index in [1.54, 1.807) is 7.11 Å². The van der Waals surface area contributed by atoms with Crippen molar-refractivity contribution in [1.82, 2.24) is 0 Å². The molecule has 1 fully saturated rings. The van der Waals surface area contributed by atoms with E-state index in [2.05, 4.69) is 24.4 Å². The van der Waals surface area contributed by atoms with Gasteiger partial charge in [0.2, 0.25) is 0 Å². The van der Waals surface area contributed by atoms with Crippen LogP contribution in [0, 0.1) is 5.92 Å². The summed E-state index contributed by atoms with van der Waals surface area (Å²) in [6.45, 7) is 3.52. The second-order valence-corrected chi connectivity index (χ2v) is 4.78. The minimum atomic E-state index is 0.601. The highest BCUT2D eigenvalue weighted by atomic mass is 16.5. The van der Waals surface area contributed by atoms with E-state index in [1.807, 2.05) is 12.1 Å². The minimum Gasteiger partial charge on any atom is -0.491 e. The number of nitrogens with one attached hydrogen (secondary N) is 1. The van der Waals surface area contributed by atoms with E-state index in [9.17, 15) is 0 Å². The lowest BCUT2D eigenvalue weighted by atomic mass is 9.82. The second-order valence-electron chi connectivity index (χ2n) is 4.78. The van der Waals surface area contributed by atoms with Gasteiger partial charge in [-0.25, -0.2) is 0 Å². The maximum Gasteiger partial charge on any atom is 0.119 e. The molecule has 0 heterocycles. The van der Waals surface area contributed by atoms with Gasteiger partial charge in [-0.15, -0.1) is 0 Å². The average Bonchev–Trinajstić information content (AvgIpc) is 2.30. The molecule has 0 spiro atoms. The Hall–Kier alpha value is -1.22. The maximum absolute atomic E-state index is 5.51. The Kier molecular flexibility index (Phi) is 4.26. The van der Waals surface area contributed by atoms with Crippen LogP contribution in [0.15, 0.2) is 24.3 Å². The van der Waals surface area contributed by atoms with E-state index in [-0.39, 0.29) is 0 Å². The van der Waals surface area contributed by atoms with Crippen molar-refractivity contribution in [3.63, 3.8) is 0 Å². The molecule has 3 heteroatoms. The number of benzene rings is 1. The van der Waals surface area contributed by atoms with Gasteiger partial charge < -0.3 is 14.8 Å². The summed E-state index contributed by atoms with van der Waals surface area (Å²) < 4.78 is 10.4. The van der Waals surface area contributed by atoms with Gasteiger partial charge in [0, 0.05) is 18.8 Å². The van der Waals surface area contributed by atoms with Gasteiger partial charge in [-0.3, -0.25) is 0 Å². The lowest BCUT2D eigenvalue weighted by Gasteiger charge is -2.34. The van der Waals surface area contributed by atoms with Crippen molar-refractivity contribution >= 4 is 5.69 Å². The zero-order chi connectivity index (χ0) is 12.1. The van der Waals surface area contributed by atoms with Gasteiger partial charge in [0.05, 0.1) is 6.61 Å². The monoisotopic (exact) mass is 235 g/mol. The fourth-order valence-corrected chi connectivity index (χ4v) is 2.15. The molecule has 0 amide bonds. The van der Waals surface area contributed by atoms with Crippen LogP contribution < -0.4 is 10.1 Å². The van der Waals surface area contributed by atoms with Crippen LogP contribution in [0.4, 0.5) is 5.69 Å². The number of rotatable bonds is 6. The lowest BCUT2D eigenvalue weighted by molar-refractivity contribution is 0.146. The molecule has 1 N–H and O–H groups in total. The van der Waals surface area contributed by atoms with Gasteiger partial charge in [-0.05, 0) is 43.0 Å². The van der Waals surface area contributed by atoms with Gasteiger partial charge in [-0.2, -0.15) is 0 Å². The first kappa shape index (κ1) is 12.2.